The van der Waals surface area contributed by atoms with Crippen LogP contribution in [0.15, 0.2) is 30.5 Å². The van der Waals surface area contributed by atoms with Crippen molar-refractivity contribution in [3.8, 4) is 0 Å². The van der Waals surface area contributed by atoms with Gasteiger partial charge in [0.1, 0.15) is 0 Å². The van der Waals surface area contributed by atoms with E-state index in [2.05, 4.69) is 10.00 Å². The van der Waals surface area contributed by atoms with Crippen molar-refractivity contribution >= 4 is 17.5 Å². The number of carbonyl (C=O) groups excluding carboxylic acids is 1. The van der Waals surface area contributed by atoms with Crippen molar-refractivity contribution in [2.24, 2.45) is 0 Å². The van der Waals surface area contributed by atoms with E-state index in [4.69, 9.17) is 11.6 Å². The van der Waals surface area contributed by atoms with Gasteiger partial charge in [-0.3, -0.25) is 14.4 Å². The van der Waals surface area contributed by atoms with E-state index in [1.807, 2.05) is 6.92 Å². The smallest absolute Gasteiger partial charge is 0.340 e. The molecule has 3 rings (SSSR count). The van der Waals surface area contributed by atoms with E-state index in [1.165, 1.54) is 12.1 Å². The number of aromatic nitrogens is 2. The first-order valence-electron chi connectivity index (χ1n) is 9.08. The minimum atomic E-state index is -4.33. The van der Waals surface area contributed by atoms with E-state index in [9.17, 15) is 18.0 Å². The van der Waals surface area contributed by atoms with Crippen LogP contribution in [-0.2, 0) is 24.1 Å². The Morgan fingerprint density at radius 1 is 1.21 bits per heavy atom. The van der Waals surface area contributed by atoms with Crippen LogP contribution in [0, 0.1) is 6.92 Å². The molecule has 1 amide bonds. The number of rotatable bonds is 5. The highest BCUT2D eigenvalue weighted by Crippen LogP contribution is 2.29. The number of hydrogen-bond donors (Lipinski definition) is 0. The molecule has 28 heavy (non-hydrogen) atoms. The van der Waals surface area contributed by atoms with Crippen molar-refractivity contribution in [1.29, 1.82) is 0 Å². The topological polar surface area (TPSA) is 41.4 Å². The van der Waals surface area contributed by atoms with Crippen molar-refractivity contribution in [1.82, 2.24) is 19.6 Å². The molecule has 1 aromatic heterocycles. The molecule has 0 N–H and O–H groups in total. The van der Waals surface area contributed by atoms with E-state index in [-0.39, 0.29) is 5.91 Å². The summed E-state index contributed by atoms with van der Waals surface area (Å²) >= 11 is 5.96. The largest absolute Gasteiger partial charge is 0.416 e. The lowest BCUT2D eigenvalue weighted by Gasteiger charge is -2.35. The molecule has 0 saturated carbocycles. The maximum atomic E-state index is 12.8. The van der Waals surface area contributed by atoms with E-state index < -0.39 is 11.7 Å². The zero-order valence-electron chi connectivity index (χ0n) is 15.5. The van der Waals surface area contributed by atoms with Crippen LogP contribution in [0.25, 0.3) is 0 Å². The molecule has 0 bridgehead atoms. The first-order valence-corrected chi connectivity index (χ1v) is 9.46. The molecule has 152 valence electrons. The molecule has 0 unspecified atom stereocenters. The van der Waals surface area contributed by atoms with Gasteiger partial charge in [0.05, 0.1) is 16.3 Å². The summed E-state index contributed by atoms with van der Waals surface area (Å²) in [5.41, 5.74) is 0.727. The van der Waals surface area contributed by atoms with Gasteiger partial charge in [0.25, 0.3) is 0 Å². The highest BCUT2D eigenvalue weighted by Gasteiger charge is 2.30. The van der Waals surface area contributed by atoms with Crippen LogP contribution in [0.5, 0.6) is 0 Å². The van der Waals surface area contributed by atoms with Gasteiger partial charge in [-0.2, -0.15) is 18.3 Å². The molecular formula is C19H22ClF3N4O. The number of amides is 1. The summed E-state index contributed by atoms with van der Waals surface area (Å²) in [6.07, 6.45) is -2.29. The molecule has 1 saturated heterocycles. The van der Waals surface area contributed by atoms with Crippen LogP contribution in [0.2, 0.25) is 5.02 Å². The number of aryl methyl sites for hydroxylation is 2. The van der Waals surface area contributed by atoms with E-state index in [0.717, 1.165) is 11.8 Å². The number of halogens is 4. The third kappa shape index (κ3) is 5.26. The van der Waals surface area contributed by atoms with Crippen LogP contribution in [0.3, 0.4) is 0 Å². The van der Waals surface area contributed by atoms with E-state index in [1.54, 1.807) is 21.8 Å². The molecule has 9 heteroatoms. The Balaban J connectivity index is 1.47. The minimum Gasteiger partial charge on any atom is -0.340 e. The Bertz CT molecular complexity index is 809. The monoisotopic (exact) mass is 414 g/mol. The molecule has 0 spiro atoms. The molecule has 2 heterocycles. The summed E-state index contributed by atoms with van der Waals surface area (Å²) in [5.74, 6) is 0.0444. The number of alkyl halides is 3. The van der Waals surface area contributed by atoms with Crippen LogP contribution >= 0.6 is 11.6 Å². The predicted molar refractivity (Wildman–Crippen MR) is 99.9 cm³/mol. The fraction of sp³-hybridized carbons (Fsp3) is 0.474. The average molecular weight is 415 g/mol. The van der Waals surface area contributed by atoms with Crippen LogP contribution in [-0.4, -0.2) is 51.7 Å². The highest BCUT2D eigenvalue weighted by molar-refractivity contribution is 6.31. The van der Waals surface area contributed by atoms with Crippen LogP contribution in [0.4, 0.5) is 13.2 Å². The summed E-state index contributed by atoms with van der Waals surface area (Å²) in [5, 5.41) is 4.82. The lowest BCUT2D eigenvalue weighted by molar-refractivity contribution is -0.137. The summed E-state index contributed by atoms with van der Waals surface area (Å²) in [6.45, 7) is 5.12. The molecule has 1 aliphatic rings. The lowest BCUT2D eigenvalue weighted by atomic mass is 10.1. The Kier molecular flexibility index (Phi) is 6.30. The number of hydrogen-bond acceptors (Lipinski definition) is 3. The normalized spacial score (nSPS) is 15.8. The zero-order valence-corrected chi connectivity index (χ0v) is 16.3. The Morgan fingerprint density at radius 3 is 2.54 bits per heavy atom. The van der Waals surface area contributed by atoms with Gasteiger partial charge in [0.15, 0.2) is 0 Å². The first-order chi connectivity index (χ1) is 13.2. The van der Waals surface area contributed by atoms with E-state index >= 15 is 0 Å². The summed E-state index contributed by atoms with van der Waals surface area (Å²) in [7, 11) is 0. The highest BCUT2D eigenvalue weighted by atomic mass is 35.5. The molecule has 1 aromatic carbocycles. The Morgan fingerprint density at radius 2 is 1.93 bits per heavy atom. The van der Waals surface area contributed by atoms with Gasteiger partial charge >= 0.3 is 6.18 Å². The molecule has 0 atom stereocenters. The molecule has 1 fully saturated rings. The second kappa shape index (κ2) is 8.53. The van der Waals surface area contributed by atoms with E-state index in [0.29, 0.717) is 56.3 Å². The lowest BCUT2D eigenvalue weighted by Crippen LogP contribution is -2.48. The standard InChI is InChI=1S/C19H22ClF3N4O/c1-14-17(20)13-27(24-14)6-5-18(28)26-9-7-25(8-10-26)12-15-3-2-4-16(11-15)19(21,22)23/h2-4,11,13H,5-10,12H2,1H3. The molecule has 1 aliphatic heterocycles. The molecule has 0 radical (unpaired) electrons. The third-order valence-corrected chi connectivity index (χ3v) is 5.20. The number of piperazine rings is 1. The van der Waals surface area contributed by atoms with Gasteiger partial charge in [0.2, 0.25) is 5.91 Å². The average Bonchev–Trinajstić information content (AvgIpc) is 2.98. The van der Waals surface area contributed by atoms with Gasteiger partial charge in [0, 0.05) is 51.9 Å². The zero-order chi connectivity index (χ0) is 20.3. The van der Waals surface area contributed by atoms with Crippen molar-refractivity contribution in [3.05, 3.63) is 52.3 Å². The number of carbonyl (C=O) groups is 1. The number of benzene rings is 1. The Labute approximate surface area is 166 Å². The van der Waals surface area contributed by atoms with Gasteiger partial charge in [-0.1, -0.05) is 29.8 Å². The van der Waals surface area contributed by atoms with Crippen molar-refractivity contribution < 1.29 is 18.0 Å². The van der Waals surface area contributed by atoms with Crippen molar-refractivity contribution in [2.75, 3.05) is 26.2 Å². The van der Waals surface area contributed by atoms with Crippen LogP contribution in [0.1, 0.15) is 23.2 Å². The molecule has 2 aromatic rings. The summed E-state index contributed by atoms with van der Waals surface area (Å²) in [6, 6.07) is 5.40. The SMILES string of the molecule is Cc1nn(CCC(=O)N2CCN(Cc3cccc(C(F)(F)F)c3)CC2)cc1Cl. The van der Waals surface area contributed by atoms with Crippen molar-refractivity contribution in [3.63, 3.8) is 0 Å². The second-order valence-electron chi connectivity index (χ2n) is 6.93. The fourth-order valence-electron chi connectivity index (χ4n) is 3.24. The minimum absolute atomic E-state index is 0.0444. The Hall–Kier alpha value is -2.06. The maximum Gasteiger partial charge on any atom is 0.416 e. The van der Waals surface area contributed by atoms with Crippen molar-refractivity contribution in [2.45, 2.75) is 32.6 Å². The van der Waals surface area contributed by atoms with Crippen LogP contribution < -0.4 is 0 Å². The first kappa shape index (κ1) is 20.7. The number of nitrogens with zero attached hydrogens (tertiary/aromatic N) is 4. The molecule has 5 nitrogen and oxygen atoms in total. The predicted octanol–water partition coefficient (Wildman–Crippen LogP) is 3.60. The van der Waals surface area contributed by atoms with Gasteiger partial charge in [-0.15, -0.1) is 0 Å². The second-order valence-corrected chi connectivity index (χ2v) is 7.34. The maximum absolute atomic E-state index is 12.8. The van der Waals surface area contributed by atoms with Gasteiger partial charge in [-0.25, -0.2) is 0 Å². The molecule has 0 aliphatic carbocycles. The van der Waals surface area contributed by atoms with Gasteiger partial charge < -0.3 is 4.90 Å². The summed E-state index contributed by atoms with van der Waals surface area (Å²) in [4.78, 5) is 16.2. The fourth-order valence-corrected chi connectivity index (χ4v) is 3.39. The molecular weight excluding hydrogens is 393 g/mol. The summed E-state index contributed by atoms with van der Waals surface area (Å²) < 4.78 is 40.2. The quantitative estimate of drug-likeness (QED) is 0.750. The third-order valence-electron chi connectivity index (χ3n) is 4.83. The van der Waals surface area contributed by atoms with Gasteiger partial charge in [-0.05, 0) is 18.6 Å².